The molecule has 0 saturated heterocycles. The van der Waals surface area contributed by atoms with Crippen LogP contribution >= 0.6 is 0 Å². The minimum atomic E-state index is 0.325. The fourth-order valence-electron chi connectivity index (χ4n) is 1.52. The van der Waals surface area contributed by atoms with Crippen LogP contribution in [0.25, 0.3) is 0 Å². The van der Waals surface area contributed by atoms with E-state index in [1.54, 1.807) is 0 Å². The van der Waals surface area contributed by atoms with Gasteiger partial charge in [-0.15, -0.1) is 6.58 Å². The number of rotatable bonds is 5. The second-order valence-corrected chi connectivity index (χ2v) is 3.73. The highest BCUT2D eigenvalue weighted by atomic mass is 15.3. The maximum absolute atomic E-state index is 5.95. The van der Waals surface area contributed by atoms with E-state index in [2.05, 4.69) is 30.8 Å². The number of aromatic nitrogens is 2. The van der Waals surface area contributed by atoms with E-state index in [1.165, 1.54) is 0 Å². The highest BCUT2D eigenvalue weighted by Gasteiger charge is 2.12. The van der Waals surface area contributed by atoms with Gasteiger partial charge >= 0.3 is 0 Å². The Kier molecular flexibility index (Phi) is 3.77. The lowest BCUT2D eigenvalue weighted by molar-refractivity contribution is 0.648. The molecule has 0 aromatic carbocycles. The van der Waals surface area contributed by atoms with Crippen molar-refractivity contribution in [3.63, 3.8) is 0 Å². The summed E-state index contributed by atoms with van der Waals surface area (Å²) >= 11 is 0. The molecule has 0 radical (unpaired) electrons. The van der Waals surface area contributed by atoms with E-state index < -0.39 is 0 Å². The summed E-state index contributed by atoms with van der Waals surface area (Å²) in [6.07, 6.45) is 2.81. The summed E-state index contributed by atoms with van der Waals surface area (Å²) in [5, 5.41) is 7.70. The topological polar surface area (TPSA) is 55.9 Å². The molecule has 3 N–H and O–H groups in total. The quantitative estimate of drug-likeness (QED) is 0.729. The minimum absolute atomic E-state index is 0.325. The van der Waals surface area contributed by atoms with Gasteiger partial charge in [0.1, 0.15) is 5.82 Å². The zero-order valence-corrected chi connectivity index (χ0v) is 9.75. The van der Waals surface area contributed by atoms with Crippen LogP contribution in [0.2, 0.25) is 0 Å². The Hall–Kier alpha value is -1.45. The number of hydrogen-bond donors (Lipinski definition) is 2. The van der Waals surface area contributed by atoms with Crippen molar-refractivity contribution in [1.82, 2.24) is 9.78 Å². The average molecular weight is 208 g/mol. The Morgan fingerprint density at radius 3 is 2.87 bits per heavy atom. The van der Waals surface area contributed by atoms with Crippen LogP contribution in [0, 0.1) is 6.92 Å². The molecule has 4 heteroatoms. The largest absolute Gasteiger partial charge is 0.394 e. The highest BCUT2D eigenvalue weighted by molar-refractivity contribution is 5.65. The van der Waals surface area contributed by atoms with Gasteiger partial charge in [0.25, 0.3) is 0 Å². The lowest BCUT2D eigenvalue weighted by Crippen LogP contribution is -2.18. The molecular weight excluding hydrogens is 188 g/mol. The molecule has 1 heterocycles. The summed E-state index contributed by atoms with van der Waals surface area (Å²) < 4.78 is 1.89. The number of aryl methyl sites for hydroxylation is 2. The van der Waals surface area contributed by atoms with Crippen LogP contribution in [0.4, 0.5) is 11.5 Å². The van der Waals surface area contributed by atoms with Gasteiger partial charge in [0.05, 0.1) is 11.4 Å². The van der Waals surface area contributed by atoms with E-state index in [0.717, 1.165) is 30.2 Å². The third-order valence-electron chi connectivity index (χ3n) is 2.38. The van der Waals surface area contributed by atoms with Crippen molar-refractivity contribution in [1.29, 1.82) is 0 Å². The molecular formula is C11H20N4. The SMILES string of the molecule is C=CCC(C)Nc1c(N)c(C)nn1CC. The molecule has 4 nitrogen and oxygen atoms in total. The standard InChI is InChI=1S/C11H20N4/c1-5-7-8(3)13-11-10(12)9(4)14-15(11)6-2/h5,8,13H,1,6-7,12H2,2-4H3. The number of nitrogens with zero attached hydrogens (tertiary/aromatic N) is 2. The maximum atomic E-state index is 5.95. The zero-order chi connectivity index (χ0) is 11.4. The fraction of sp³-hybridized carbons (Fsp3) is 0.545. The highest BCUT2D eigenvalue weighted by Crippen LogP contribution is 2.23. The van der Waals surface area contributed by atoms with E-state index >= 15 is 0 Å². The summed E-state index contributed by atoms with van der Waals surface area (Å²) in [7, 11) is 0. The number of hydrogen-bond acceptors (Lipinski definition) is 3. The molecule has 1 atom stereocenters. The number of nitrogen functional groups attached to an aromatic ring is 1. The van der Waals surface area contributed by atoms with Gasteiger partial charge in [-0.25, -0.2) is 4.68 Å². The Balaban J connectivity index is 2.87. The summed E-state index contributed by atoms with van der Waals surface area (Å²) in [6, 6.07) is 0.325. The molecule has 0 spiro atoms. The van der Waals surface area contributed by atoms with Crippen LogP contribution in [-0.2, 0) is 6.54 Å². The molecule has 0 aliphatic rings. The predicted molar refractivity (Wildman–Crippen MR) is 64.9 cm³/mol. The van der Waals surface area contributed by atoms with Crippen molar-refractivity contribution in [2.75, 3.05) is 11.1 Å². The van der Waals surface area contributed by atoms with E-state index in [9.17, 15) is 0 Å². The van der Waals surface area contributed by atoms with Gasteiger partial charge in [0.2, 0.25) is 0 Å². The maximum Gasteiger partial charge on any atom is 0.148 e. The minimum Gasteiger partial charge on any atom is -0.394 e. The van der Waals surface area contributed by atoms with Crippen molar-refractivity contribution >= 4 is 11.5 Å². The van der Waals surface area contributed by atoms with Crippen LogP contribution in [0.15, 0.2) is 12.7 Å². The summed E-state index contributed by atoms with van der Waals surface area (Å²) in [5.74, 6) is 0.921. The molecule has 1 unspecified atom stereocenters. The molecule has 15 heavy (non-hydrogen) atoms. The van der Waals surface area contributed by atoms with Crippen molar-refractivity contribution < 1.29 is 0 Å². The summed E-state index contributed by atoms with van der Waals surface area (Å²) in [6.45, 7) is 10.6. The molecule has 0 bridgehead atoms. The molecule has 1 aromatic heterocycles. The van der Waals surface area contributed by atoms with E-state index in [0.29, 0.717) is 6.04 Å². The molecule has 0 saturated carbocycles. The van der Waals surface area contributed by atoms with Crippen molar-refractivity contribution in [2.24, 2.45) is 0 Å². The third kappa shape index (κ3) is 2.52. The molecule has 1 aromatic rings. The van der Waals surface area contributed by atoms with Gasteiger partial charge in [-0.2, -0.15) is 5.10 Å². The van der Waals surface area contributed by atoms with Crippen LogP contribution in [-0.4, -0.2) is 15.8 Å². The number of anilines is 2. The first-order valence-corrected chi connectivity index (χ1v) is 5.30. The van der Waals surface area contributed by atoms with E-state index in [1.807, 2.05) is 17.7 Å². The number of nitrogens with one attached hydrogen (secondary N) is 1. The summed E-state index contributed by atoms with van der Waals surface area (Å²) in [5.41, 5.74) is 7.57. The van der Waals surface area contributed by atoms with Crippen LogP contribution < -0.4 is 11.1 Å². The Bertz CT molecular complexity index is 341. The molecule has 1 rings (SSSR count). The Labute approximate surface area is 91.2 Å². The van der Waals surface area contributed by atoms with Gasteiger partial charge in [0, 0.05) is 12.6 Å². The first-order chi connectivity index (χ1) is 7.10. The third-order valence-corrected chi connectivity index (χ3v) is 2.38. The van der Waals surface area contributed by atoms with Crippen molar-refractivity contribution in [2.45, 2.75) is 39.8 Å². The van der Waals surface area contributed by atoms with Gasteiger partial charge in [-0.1, -0.05) is 6.08 Å². The van der Waals surface area contributed by atoms with Crippen LogP contribution in [0.5, 0.6) is 0 Å². The van der Waals surface area contributed by atoms with Crippen molar-refractivity contribution in [3.05, 3.63) is 18.3 Å². The molecule has 0 aliphatic carbocycles. The fourth-order valence-corrected chi connectivity index (χ4v) is 1.52. The van der Waals surface area contributed by atoms with E-state index in [-0.39, 0.29) is 0 Å². The van der Waals surface area contributed by atoms with Crippen LogP contribution in [0.3, 0.4) is 0 Å². The molecule has 0 aliphatic heterocycles. The van der Waals surface area contributed by atoms with Gasteiger partial charge in [-0.3, -0.25) is 0 Å². The first-order valence-electron chi connectivity index (χ1n) is 5.30. The van der Waals surface area contributed by atoms with Crippen LogP contribution in [0.1, 0.15) is 26.0 Å². The number of nitrogens with two attached hydrogens (primary N) is 1. The normalized spacial score (nSPS) is 12.5. The molecule has 0 amide bonds. The smallest absolute Gasteiger partial charge is 0.148 e. The second kappa shape index (κ2) is 4.87. The zero-order valence-electron chi connectivity index (χ0n) is 9.75. The predicted octanol–water partition coefficient (Wildman–Crippen LogP) is 2.17. The van der Waals surface area contributed by atoms with Crippen molar-refractivity contribution in [3.8, 4) is 0 Å². The van der Waals surface area contributed by atoms with Gasteiger partial charge < -0.3 is 11.1 Å². The van der Waals surface area contributed by atoms with Gasteiger partial charge in [-0.05, 0) is 27.2 Å². The lowest BCUT2D eigenvalue weighted by atomic mass is 10.2. The first kappa shape index (κ1) is 11.6. The average Bonchev–Trinajstić information content (AvgIpc) is 2.46. The summed E-state index contributed by atoms with van der Waals surface area (Å²) in [4.78, 5) is 0. The van der Waals surface area contributed by atoms with E-state index in [4.69, 9.17) is 5.73 Å². The molecule has 84 valence electrons. The Morgan fingerprint density at radius 1 is 1.67 bits per heavy atom. The lowest BCUT2D eigenvalue weighted by Gasteiger charge is -2.14. The second-order valence-electron chi connectivity index (χ2n) is 3.73. The monoisotopic (exact) mass is 208 g/mol. The van der Waals surface area contributed by atoms with Gasteiger partial charge in [0.15, 0.2) is 0 Å². The Morgan fingerprint density at radius 2 is 2.33 bits per heavy atom. The molecule has 0 fully saturated rings.